The molecule has 1 aliphatic heterocycles. The zero-order valence-electron chi connectivity index (χ0n) is 28.8. The van der Waals surface area contributed by atoms with Crippen LogP contribution in [0.1, 0.15) is 96.1 Å². The summed E-state index contributed by atoms with van der Waals surface area (Å²) in [5.41, 5.74) is 5.04. The predicted octanol–water partition coefficient (Wildman–Crippen LogP) is 6.71. The highest BCUT2D eigenvalue weighted by atomic mass is 16.5. The zero-order valence-corrected chi connectivity index (χ0v) is 28.8. The van der Waals surface area contributed by atoms with Gasteiger partial charge in [-0.2, -0.15) is 5.10 Å². The van der Waals surface area contributed by atoms with E-state index < -0.39 is 0 Å². The minimum Gasteiger partial charge on any atom is -0.390 e. The van der Waals surface area contributed by atoms with Crippen molar-refractivity contribution in [1.82, 2.24) is 19.7 Å². The van der Waals surface area contributed by atoms with Crippen LogP contribution in [0.2, 0.25) is 0 Å². The summed E-state index contributed by atoms with van der Waals surface area (Å²) in [4.78, 5) is 24.0. The molecule has 8 rings (SSSR count). The van der Waals surface area contributed by atoms with Crippen molar-refractivity contribution in [3.8, 4) is 11.1 Å². The van der Waals surface area contributed by atoms with Crippen molar-refractivity contribution < 1.29 is 14.6 Å². The Morgan fingerprint density at radius 3 is 2.26 bits per heavy atom. The number of hydrogen-bond acceptors (Lipinski definition) is 6. The van der Waals surface area contributed by atoms with E-state index in [1.54, 1.807) is 7.11 Å². The lowest BCUT2D eigenvalue weighted by atomic mass is 9.51. The number of rotatable bonds is 9. The predicted molar refractivity (Wildman–Crippen MR) is 185 cm³/mol. The van der Waals surface area contributed by atoms with Crippen molar-refractivity contribution in [3.05, 3.63) is 66.1 Å². The molecule has 4 aliphatic carbocycles. The van der Waals surface area contributed by atoms with Gasteiger partial charge in [0, 0.05) is 56.7 Å². The third-order valence-corrected chi connectivity index (χ3v) is 12.1. The van der Waals surface area contributed by atoms with Crippen LogP contribution in [0.5, 0.6) is 0 Å². The molecule has 4 saturated carbocycles. The summed E-state index contributed by atoms with van der Waals surface area (Å²) in [5.74, 6) is 1.03. The van der Waals surface area contributed by atoms with Gasteiger partial charge in [0.2, 0.25) is 5.91 Å². The molecule has 3 heterocycles. The molecule has 0 atom stereocenters. The van der Waals surface area contributed by atoms with E-state index in [0.29, 0.717) is 12.6 Å². The molecule has 1 amide bonds. The average molecular weight is 640 g/mol. The van der Waals surface area contributed by atoms with Crippen LogP contribution in [0.4, 0.5) is 5.82 Å². The van der Waals surface area contributed by atoms with Crippen molar-refractivity contribution in [2.75, 3.05) is 31.6 Å². The number of nitrogens with zero attached hydrogens (tertiary/aromatic N) is 5. The second-order valence-electron chi connectivity index (χ2n) is 16.2. The number of aromatic nitrogens is 3. The number of anilines is 1. The summed E-state index contributed by atoms with van der Waals surface area (Å²) in [7, 11) is 1.75. The molecule has 5 aliphatic rings. The van der Waals surface area contributed by atoms with Gasteiger partial charge in [0.1, 0.15) is 5.82 Å². The Balaban J connectivity index is 1.12. The highest BCUT2D eigenvalue weighted by Crippen LogP contribution is 2.58. The monoisotopic (exact) mass is 639 g/mol. The molecular weight excluding hydrogens is 586 g/mol. The molecule has 8 heteroatoms. The minimum absolute atomic E-state index is 0.0137. The number of aliphatic hydroxyl groups is 1. The zero-order chi connectivity index (χ0) is 32.8. The molecule has 47 heavy (non-hydrogen) atoms. The van der Waals surface area contributed by atoms with Crippen LogP contribution >= 0.6 is 0 Å². The summed E-state index contributed by atoms with van der Waals surface area (Å²) >= 11 is 0. The summed E-state index contributed by atoms with van der Waals surface area (Å²) in [6.45, 7) is 9.40. The van der Waals surface area contributed by atoms with E-state index in [0.717, 1.165) is 81.5 Å². The Hall–Kier alpha value is -3.07. The molecule has 8 nitrogen and oxygen atoms in total. The molecule has 3 aromatic rings. The number of carbonyl (C=O) groups excluding carboxylic acids is 1. The van der Waals surface area contributed by atoms with Gasteiger partial charge in [-0.1, -0.05) is 24.3 Å². The Bertz CT molecular complexity index is 1520. The highest BCUT2D eigenvalue weighted by molar-refractivity contribution is 5.95. The van der Waals surface area contributed by atoms with E-state index in [4.69, 9.17) is 9.72 Å². The Morgan fingerprint density at radius 1 is 0.979 bits per heavy atom. The summed E-state index contributed by atoms with van der Waals surface area (Å²) < 4.78 is 7.34. The van der Waals surface area contributed by atoms with Gasteiger partial charge in [-0.15, -0.1) is 0 Å². The van der Waals surface area contributed by atoms with Crippen LogP contribution < -0.4 is 4.90 Å². The van der Waals surface area contributed by atoms with Crippen LogP contribution in [0, 0.1) is 11.3 Å². The van der Waals surface area contributed by atoms with Crippen LogP contribution in [0.3, 0.4) is 0 Å². The fourth-order valence-electron chi connectivity index (χ4n) is 8.94. The summed E-state index contributed by atoms with van der Waals surface area (Å²) in [6, 6.07) is 13.8. The van der Waals surface area contributed by atoms with Gasteiger partial charge in [-0.3, -0.25) is 19.3 Å². The van der Waals surface area contributed by atoms with Gasteiger partial charge >= 0.3 is 0 Å². The summed E-state index contributed by atoms with van der Waals surface area (Å²) in [5, 5.41) is 14.5. The third kappa shape index (κ3) is 6.53. The number of amides is 1. The lowest BCUT2D eigenvalue weighted by Gasteiger charge is -2.55. The molecule has 2 aromatic heterocycles. The maximum absolute atomic E-state index is 14.6. The minimum atomic E-state index is -0.183. The molecule has 1 N–H and O–H groups in total. The first kappa shape index (κ1) is 32.5. The quantitative estimate of drug-likeness (QED) is 0.280. The number of hydrogen-bond donors (Lipinski definition) is 1. The van der Waals surface area contributed by atoms with Gasteiger partial charge in [0.15, 0.2) is 0 Å². The van der Waals surface area contributed by atoms with Gasteiger partial charge in [-0.05, 0) is 125 Å². The molecule has 252 valence electrons. The normalized spacial score (nSPS) is 28.3. The molecule has 0 radical (unpaired) electrons. The highest BCUT2D eigenvalue weighted by Gasteiger charge is 2.51. The largest absolute Gasteiger partial charge is 0.390 e. The second kappa shape index (κ2) is 12.8. The van der Waals surface area contributed by atoms with Crippen LogP contribution in [0.25, 0.3) is 11.1 Å². The molecule has 5 fully saturated rings. The van der Waals surface area contributed by atoms with E-state index in [9.17, 15) is 9.90 Å². The number of carbonyl (C=O) groups is 1. The maximum Gasteiger partial charge on any atom is 0.231 e. The number of benzene rings is 1. The molecule has 0 unspecified atom stereocenters. The Morgan fingerprint density at radius 2 is 1.66 bits per heavy atom. The number of likely N-dealkylation sites (tertiary alicyclic amines) is 1. The fraction of sp³-hybridized carbons (Fsp3) is 0.615. The van der Waals surface area contributed by atoms with Crippen molar-refractivity contribution in [1.29, 1.82) is 0 Å². The average Bonchev–Trinajstić information content (AvgIpc) is 3.59. The second-order valence-corrected chi connectivity index (χ2v) is 16.2. The van der Waals surface area contributed by atoms with E-state index in [-0.39, 0.29) is 34.3 Å². The molecule has 2 bridgehead atoms. The van der Waals surface area contributed by atoms with E-state index in [1.807, 2.05) is 23.1 Å². The number of β-amino-alcohol motifs (C(OH)–C–C–N with tert-alkyl or cyclic N) is 1. The van der Waals surface area contributed by atoms with Crippen molar-refractivity contribution in [2.45, 2.75) is 115 Å². The molecule has 1 saturated heterocycles. The number of fused-ring (bicyclic) bond motifs is 3. The van der Waals surface area contributed by atoms with E-state index in [2.05, 4.69) is 72.2 Å². The Labute approximate surface area is 280 Å². The Kier molecular flexibility index (Phi) is 8.81. The standard InChI is InChI=1S/C39H53N5O3/c1-37(2,3)44-23-31(22-41-44)30-13-20-40-35(21-30)43(36(46)29-7-11-33(12-8-29)42-24-34(45)25-42)27-38-14-17-39(18-15-38,19-16-38)32-9-5-28(6-10-32)26-47-4/h5-6,9-10,13,20-23,29,33-34,45H,7-8,11-12,14-19,24-27H2,1-4H3. The topological polar surface area (TPSA) is 83.7 Å². The smallest absolute Gasteiger partial charge is 0.231 e. The maximum atomic E-state index is 14.6. The van der Waals surface area contributed by atoms with E-state index in [1.165, 1.54) is 30.4 Å². The number of ether oxygens (including phenoxy) is 1. The summed E-state index contributed by atoms with van der Waals surface area (Å²) in [6.07, 6.45) is 16.5. The number of pyridine rings is 1. The van der Waals surface area contributed by atoms with Crippen molar-refractivity contribution in [3.63, 3.8) is 0 Å². The molecule has 0 spiro atoms. The molecular formula is C39H53N5O3. The SMILES string of the molecule is COCc1ccc(C23CCC(CN(C(=O)C4CCC(N5CC(O)C5)CC4)c4cc(-c5cnn(C(C)(C)C)c5)ccn4)(CC2)CC3)cc1. The first-order valence-electron chi connectivity index (χ1n) is 17.9. The van der Waals surface area contributed by atoms with Crippen LogP contribution in [-0.2, 0) is 27.1 Å². The van der Waals surface area contributed by atoms with Crippen LogP contribution in [0.15, 0.2) is 55.0 Å². The van der Waals surface area contributed by atoms with E-state index >= 15 is 0 Å². The van der Waals surface area contributed by atoms with Gasteiger partial charge in [-0.25, -0.2) is 4.98 Å². The van der Waals surface area contributed by atoms with Crippen LogP contribution in [-0.4, -0.2) is 69.6 Å². The third-order valence-electron chi connectivity index (χ3n) is 12.1. The fourth-order valence-corrected chi connectivity index (χ4v) is 8.94. The first-order valence-corrected chi connectivity index (χ1v) is 17.9. The lowest BCUT2D eigenvalue weighted by molar-refractivity contribution is -0.125. The van der Waals surface area contributed by atoms with Crippen molar-refractivity contribution in [2.24, 2.45) is 11.3 Å². The van der Waals surface area contributed by atoms with Gasteiger partial charge in [0.05, 0.1) is 24.4 Å². The van der Waals surface area contributed by atoms with Gasteiger partial charge < -0.3 is 9.84 Å². The van der Waals surface area contributed by atoms with Crippen molar-refractivity contribution >= 4 is 11.7 Å². The molecule has 1 aromatic carbocycles. The lowest BCUT2D eigenvalue weighted by Crippen LogP contribution is -2.56. The van der Waals surface area contributed by atoms with Gasteiger partial charge in [0.25, 0.3) is 0 Å². The number of aliphatic hydroxyl groups excluding tert-OH is 1. The first-order chi connectivity index (χ1) is 22.6. The number of methoxy groups -OCH3 is 1.